The van der Waals surface area contributed by atoms with Crippen LogP contribution in [0.2, 0.25) is 0 Å². The van der Waals surface area contributed by atoms with E-state index in [2.05, 4.69) is 27.7 Å². The fourth-order valence-electron chi connectivity index (χ4n) is 13.4. The maximum Gasteiger partial charge on any atom is 1.00 e. The zero-order valence-corrected chi connectivity index (χ0v) is 37.3. The van der Waals surface area contributed by atoms with E-state index in [0.717, 1.165) is 37.7 Å². The molecule has 7 N–H and O–H groups in total. The van der Waals surface area contributed by atoms with Crippen LogP contribution in [0.4, 0.5) is 0 Å². The Kier molecular flexibility index (Phi) is 12.4. The Hall–Kier alpha value is -1.54. The predicted molar refractivity (Wildman–Crippen MR) is 197 cm³/mol. The molecule has 2 heterocycles. The first-order chi connectivity index (χ1) is 26.8. The van der Waals surface area contributed by atoms with Crippen molar-refractivity contribution in [3.8, 4) is 0 Å². The molecule has 0 aromatic carbocycles. The Bertz CT molecular complexity index is 1740. The molecular formula is C42H61NaO16. The number of hydrogen-bond acceptors (Lipinski definition) is 14. The summed E-state index contributed by atoms with van der Waals surface area (Å²) in [7, 11) is 0. The summed E-state index contributed by atoms with van der Waals surface area (Å²) in [6.07, 6.45) is -12.7. The van der Waals surface area contributed by atoms with Gasteiger partial charge in [-0.3, -0.25) is 9.59 Å². The van der Waals surface area contributed by atoms with Gasteiger partial charge in [-0.25, -0.2) is 4.79 Å². The van der Waals surface area contributed by atoms with E-state index in [9.17, 15) is 60.0 Å². The van der Waals surface area contributed by atoms with Crippen molar-refractivity contribution >= 4 is 23.7 Å². The van der Waals surface area contributed by atoms with E-state index in [-0.39, 0.29) is 63.9 Å². The molecule has 0 radical (unpaired) electrons. The van der Waals surface area contributed by atoms with Crippen LogP contribution in [-0.2, 0) is 38.1 Å². The van der Waals surface area contributed by atoms with Crippen molar-refractivity contribution in [1.82, 2.24) is 0 Å². The van der Waals surface area contributed by atoms with Crippen LogP contribution in [0.15, 0.2) is 11.6 Å². The second kappa shape index (κ2) is 15.6. The van der Waals surface area contributed by atoms with Crippen LogP contribution in [0.25, 0.3) is 0 Å². The predicted octanol–water partition coefficient (Wildman–Crippen LogP) is -2.09. The van der Waals surface area contributed by atoms with Gasteiger partial charge in [0.25, 0.3) is 0 Å². The summed E-state index contributed by atoms with van der Waals surface area (Å²) in [5.74, 6) is -4.75. The monoisotopic (exact) mass is 844 g/mol. The molecule has 0 amide bonds. The molecule has 59 heavy (non-hydrogen) atoms. The molecule has 19 atom stereocenters. The number of aliphatic carboxylic acids is 3. The molecule has 0 aromatic heterocycles. The molecule has 0 aromatic rings. The van der Waals surface area contributed by atoms with E-state index in [4.69, 9.17) is 18.9 Å². The van der Waals surface area contributed by atoms with Crippen molar-refractivity contribution in [2.24, 2.45) is 50.2 Å². The van der Waals surface area contributed by atoms with Gasteiger partial charge in [0.15, 0.2) is 24.5 Å². The average Bonchev–Trinajstić information content (AvgIpc) is 3.13. The molecule has 0 spiro atoms. The second-order valence-corrected chi connectivity index (χ2v) is 20.6. The van der Waals surface area contributed by atoms with Crippen LogP contribution in [0.3, 0.4) is 0 Å². The minimum atomic E-state index is -2.14. The third-order valence-corrected chi connectivity index (χ3v) is 17.2. The van der Waals surface area contributed by atoms with E-state index in [1.165, 1.54) is 0 Å². The van der Waals surface area contributed by atoms with Gasteiger partial charge < -0.3 is 64.6 Å². The summed E-state index contributed by atoms with van der Waals surface area (Å²) in [4.78, 5) is 51.2. The summed E-state index contributed by atoms with van der Waals surface area (Å²) in [5.41, 5.74) is -1.84. The summed E-state index contributed by atoms with van der Waals surface area (Å²) in [6, 6.07) is 0. The SMILES string of the molecule is CC1(C(=O)O)CCC2(C)CCC3(C)C(=CC(=O)C4C5(C)CCC(OC6OC(C(=O)O)C(O)C(O)C6OC6OC(C(=O)[O-])C(O)C(O)C6O)C(C)(C)C5CCC43C)C2C1.[Na+]. The Morgan fingerprint density at radius 2 is 1.36 bits per heavy atom. The molecule has 5 aliphatic carbocycles. The van der Waals surface area contributed by atoms with Crippen LogP contribution < -0.4 is 34.7 Å². The normalized spacial score (nSPS) is 51.7. The van der Waals surface area contributed by atoms with Gasteiger partial charge in [-0.15, -0.1) is 0 Å². The molecule has 2 aliphatic heterocycles. The van der Waals surface area contributed by atoms with Crippen LogP contribution in [0.1, 0.15) is 106 Å². The van der Waals surface area contributed by atoms with E-state index in [1.54, 1.807) is 0 Å². The molecule has 2 saturated heterocycles. The number of carbonyl (C=O) groups excluding carboxylic acids is 2. The molecule has 6 fully saturated rings. The van der Waals surface area contributed by atoms with Gasteiger partial charge in [0.05, 0.1) is 17.5 Å². The fraction of sp³-hybridized carbons (Fsp3) is 0.857. The zero-order chi connectivity index (χ0) is 42.9. The van der Waals surface area contributed by atoms with Gasteiger partial charge in [0.2, 0.25) is 0 Å². The van der Waals surface area contributed by atoms with E-state index in [0.29, 0.717) is 25.7 Å². The van der Waals surface area contributed by atoms with Gasteiger partial charge in [-0.1, -0.05) is 47.1 Å². The zero-order valence-electron chi connectivity index (χ0n) is 35.3. The van der Waals surface area contributed by atoms with Crippen molar-refractivity contribution in [2.75, 3.05) is 0 Å². The van der Waals surface area contributed by atoms with Crippen molar-refractivity contribution in [3.63, 3.8) is 0 Å². The van der Waals surface area contributed by atoms with E-state index < -0.39 is 107 Å². The van der Waals surface area contributed by atoms with E-state index in [1.807, 2.05) is 26.8 Å². The minimum Gasteiger partial charge on any atom is -0.547 e. The third kappa shape index (κ3) is 7.02. The first kappa shape index (κ1) is 47.0. The number of carboxylic acids is 3. The van der Waals surface area contributed by atoms with Crippen LogP contribution in [0, 0.1) is 50.2 Å². The standard InChI is InChI=1S/C42H62O16.Na/c1-37(2)21-8-11-42(7)31(20(43)16-18-19-17-39(4,36(53)54)13-12-38(19,3)14-15-41(18,42)6)40(21,5)10-9-22(37)55-35-30(26(47)25(46)29(57-35)33(51)52)58-34-27(48)23(44)24(45)28(56-34)32(49)50;/h16,19,21-31,34-35,44-48H,8-15,17H2,1-7H3,(H,49,50)(H,51,52)(H,53,54);/q;+1/p-1. The van der Waals surface area contributed by atoms with Crippen molar-refractivity contribution < 1.29 is 109 Å². The summed E-state index contributed by atoms with van der Waals surface area (Å²) >= 11 is 0. The van der Waals surface area contributed by atoms with Crippen LogP contribution >= 0.6 is 0 Å². The Balaban J connectivity index is 0.00000585. The maximum atomic E-state index is 14.8. The quantitative estimate of drug-likeness (QED) is 0.107. The average molecular weight is 845 g/mol. The molecule has 4 saturated carbocycles. The van der Waals surface area contributed by atoms with Gasteiger partial charge >= 0.3 is 41.5 Å². The molecule has 17 heteroatoms. The number of carbonyl (C=O) groups is 4. The second-order valence-electron chi connectivity index (χ2n) is 20.6. The maximum absolute atomic E-state index is 14.8. The van der Waals surface area contributed by atoms with E-state index >= 15 is 0 Å². The number of ketones is 1. The van der Waals surface area contributed by atoms with Gasteiger partial charge in [0.1, 0.15) is 42.7 Å². The number of aliphatic hydroxyl groups is 5. The number of carboxylic acid groups (broad SMARTS) is 3. The molecule has 16 nitrogen and oxygen atoms in total. The Labute approximate surface area is 366 Å². The number of ether oxygens (including phenoxy) is 4. The molecule has 7 aliphatic rings. The number of allylic oxidation sites excluding steroid dienone is 2. The topological polar surface area (TPSA) is 270 Å². The summed E-state index contributed by atoms with van der Waals surface area (Å²) < 4.78 is 23.3. The van der Waals surface area contributed by atoms with Crippen LogP contribution in [0.5, 0.6) is 0 Å². The molecule has 7 rings (SSSR count). The number of rotatable bonds is 7. The molecule has 19 unspecified atom stereocenters. The smallest absolute Gasteiger partial charge is 0.547 e. The van der Waals surface area contributed by atoms with Gasteiger partial charge in [-0.2, -0.15) is 0 Å². The minimum absolute atomic E-state index is 0. The Morgan fingerprint density at radius 3 is 1.97 bits per heavy atom. The van der Waals surface area contributed by atoms with Crippen molar-refractivity contribution in [3.05, 3.63) is 11.6 Å². The van der Waals surface area contributed by atoms with Crippen molar-refractivity contribution in [2.45, 2.75) is 174 Å². The fourth-order valence-corrected chi connectivity index (χ4v) is 13.4. The van der Waals surface area contributed by atoms with Crippen LogP contribution in [-0.4, -0.2) is 127 Å². The first-order valence-electron chi connectivity index (χ1n) is 20.7. The van der Waals surface area contributed by atoms with Gasteiger partial charge in [-0.05, 0) is 110 Å². The largest absolute Gasteiger partial charge is 1.00 e. The number of fused-ring (bicyclic) bond motifs is 7. The first-order valence-corrected chi connectivity index (χ1v) is 20.7. The van der Waals surface area contributed by atoms with Crippen molar-refractivity contribution in [1.29, 1.82) is 0 Å². The summed E-state index contributed by atoms with van der Waals surface area (Å²) in [5, 5.41) is 85.0. The number of hydrogen-bond donors (Lipinski definition) is 7. The Morgan fingerprint density at radius 1 is 0.746 bits per heavy atom. The summed E-state index contributed by atoms with van der Waals surface area (Å²) in [6.45, 7) is 14.8. The third-order valence-electron chi connectivity index (χ3n) is 17.2. The molecule has 326 valence electrons. The van der Waals surface area contributed by atoms with Gasteiger partial charge in [0, 0.05) is 5.92 Å². The molecule has 0 bridgehead atoms. The number of aliphatic hydroxyl groups excluding tert-OH is 5. The molecular weight excluding hydrogens is 783 g/mol.